The van der Waals surface area contributed by atoms with E-state index in [2.05, 4.69) is 6.92 Å². The fourth-order valence-corrected chi connectivity index (χ4v) is 4.12. The zero-order chi connectivity index (χ0) is 14.0. The first-order valence-corrected chi connectivity index (χ1v) is 8.32. The summed E-state index contributed by atoms with van der Waals surface area (Å²) >= 11 is 5.83. The molecule has 0 spiro atoms. The number of nitrogens with zero attached hydrogens (tertiary/aromatic N) is 1. The first kappa shape index (κ1) is 14.6. The molecule has 1 fully saturated rings. The number of hydrogen-bond acceptors (Lipinski definition) is 3. The third-order valence-corrected chi connectivity index (χ3v) is 5.87. The van der Waals surface area contributed by atoms with E-state index in [0.717, 1.165) is 19.3 Å². The van der Waals surface area contributed by atoms with Crippen molar-refractivity contribution in [1.29, 1.82) is 0 Å². The number of nitrogens with two attached hydrogens (primary N) is 1. The summed E-state index contributed by atoms with van der Waals surface area (Å²) < 4.78 is 26.6. The van der Waals surface area contributed by atoms with E-state index >= 15 is 0 Å². The van der Waals surface area contributed by atoms with Crippen molar-refractivity contribution in [1.82, 2.24) is 4.31 Å². The van der Waals surface area contributed by atoms with E-state index in [4.69, 9.17) is 17.3 Å². The quantitative estimate of drug-likeness (QED) is 0.873. The molecule has 1 saturated heterocycles. The Bertz CT molecular complexity index is 560. The lowest BCUT2D eigenvalue weighted by molar-refractivity contribution is 0.261. The second-order valence-electron chi connectivity index (χ2n) is 4.96. The maximum atomic E-state index is 12.5. The van der Waals surface area contributed by atoms with Gasteiger partial charge < -0.3 is 5.73 Å². The molecule has 1 aliphatic heterocycles. The van der Waals surface area contributed by atoms with Gasteiger partial charge >= 0.3 is 0 Å². The molecule has 2 N–H and O–H groups in total. The molecule has 1 aromatic carbocycles. The topological polar surface area (TPSA) is 63.4 Å². The van der Waals surface area contributed by atoms with Gasteiger partial charge in [0.05, 0.1) is 15.6 Å². The van der Waals surface area contributed by atoms with Crippen LogP contribution in [0, 0.1) is 5.92 Å². The van der Waals surface area contributed by atoms with Crippen LogP contribution in [0.15, 0.2) is 23.1 Å². The van der Waals surface area contributed by atoms with E-state index in [1.165, 1.54) is 18.2 Å². The van der Waals surface area contributed by atoms with Gasteiger partial charge in [-0.3, -0.25) is 0 Å². The lowest BCUT2D eigenvalue weighted by Gasteiger charge is -2.31. The number of nitrogen functional groups attached to an aromatic ring is 1. The van der Waals surface area contributed by atoms with E-state index in [9.17, 15) is 8.42 Å². The van der Waals surface area contributed by atoms with Gasteiger partial charge in [0.1, 0.15) is 0 Å². The summed E-state index contributed by atoms with van der Waals surface area (Å²) in [5.41, 5.74) is 5.98. The molecular formula is C13H19ClN2O2S. The first-order chi connectivity index (χ1) is 8.95. The highest BCUT2D eigenvalue weighted by Gasteiger charge is 2.29. The molecule has 0 bridgehead atoms. The van der Waals surface area contributed by atoms with Crippen LogP contribution < -0.4 is 5.73 Å². The van der Waals surface area contributed by atoms with Gasteiger partial charge in [-0.15, -0.1) is 0 Å². The van der Waals surface area contributed by atoms with E-state index in [-0.39, 0.29) is 4.90 Å². The zero-order valence-corrected chi connectivity index (χ0v) is 12.5. The number of anilines is 1. The van der Waals surface area contributed by atoms with E-state index in [0.29, 0.717) is 29.7 Å². The summed E-state index contributed by atoms with van der Waals surface area (Å²) in [4.78, 5) is 0.228. The van der Waals surface area contributed by atoms with Crippen LogP contribution in [0.4, 0.5) is 5.69 Å². The molecule has 0 aromatic heterocycles. The Hall–Kier alpha value is -0.780. The molecule has 1 atom stereocenters. The van der Waals surface area contributed by atoms with Crippen molar-refractivity contribution in [3.05, 3.63) is 23.2 Å². The minimum absolute atomic E-state index is 0.228. The fourth-order valence-electron chi connectivity index (χ4n) is 2.41. The molecular weight excluding hydrogens is 284 g/mol. The molecule has 2 rings (SSSR count). The maximum absolute atomic E-state index is 12.5. The standard InChI is InChI=1S/C13H19ClN2O2S/c1-2-10-4-3-7-16(9-10)19(17,18)11-5-6-12(14)13(15)8-11/h5-6,8,10H,2-4,7,9,15H2,1H3. The van der Waals surface area contributed by atoms with Gasteiger partial charge in [-0.25, -0.2) is 8.42 Å². The Kier molecular flexibility index (Phi) is 4.38. The van der Waals surface area contributed by atoms with Crippen molar-refractivity contribution in [2.75, 3.05) is 18.8 Å². The van der Waals surface area contributed by atoms with Gasteiger partial charge in [0.25, 0.3) is 0 Å². The number of halogens is 1. The van der Waals surface area contributed by atoms with Crippen LogP contribution >= 0.6 is 11.6 Å². The largest absolute Gasteiger partial charge is 0.397 e. The van der Waals surface area contributed by atoms with Crippen molar-refractivity contribution in [3.8, 4) is 0 Å². The number of benzene rings is 1. The predicted octanol–water partition coefficient (Wildman–Crippen LogP) is 2.73. The van der Waals surface area contributed by atoms with E-state index in [1.807, 2.05) is 0 Å². The van der Waals surface area contributed by atoms with Gasteiger partial charge in [0.2, 0.25) is 10.0 Å². The molecule has 0 aliphatic carbocycles. The van der Waals surface area contributed by atoms with Gasteiger partial charge in [-0.2, -0.15) is 4.31 Å². The van der Waals surface area contributed by atoms with Crippen molar-refractivity contribution in [3.63, 3.8) is 0 Å². The zero-order valence-electron chi connectivity index (χ0n) is 11.0. The summed E-state index contributed by atoms with van der Waals surface area (Å²) in [5, 5.41) is 0.379. The minimum Gasteiger partial charge on any atom is -0.397 e. The van der Waals surface area contributed by atoms with E-state index in [1.54, 1.807) is 4.31 Å². The van der Waals surface area contributed by atoms with Crippen LogP contribution in [-0.2, 0) is 10.0 Å². The molecule has 1 aromatic rings. The number of hydrogen-bond donors (Lipinski definition) is 1. The van der Waals surface area contributed by atoms with Gasteiger partial charge in [-0.05, 0) is 37.0 Å². The number of rotatable bonds is 3. The van der Waals surface area contributed by atoms with Crippen LogP contribution in [0.1, 0.15) is 26.2 Å². The molecule has 106 valence electrons. The molecule has 0 radical (unpaired) electrons. The second-order valence-corrected chi connectivity index (χ2v) is 7.31. The summed E-state index contributed by atoms with van der Waals surface area (Å²) in [7, 11) is -3.45. The Morgan fingerprint density at radius 2 is 2.21 bits per heavy atom. The second kappa shape index (κ2) is 5.69. The Morgan fingerprint density at radius 1 is 1.47 bits per heavy atom. The molecule has 1 heterocycles. The van der Waals surface area contributed by atoms with Gasteiger partial charge in [-0.1, -0.05) is 24.9 Å². The summed E-state index contributed by atoms with van der Waals surface area (Å²) in [6.45, 7) is 3.28. The SMILES string of the molecule is CCC1CCCN(S(=O)(=O)c2ccc(Cl)c(N)c2)C1. The molecule has 4 nitrogen and oxygen atoms in total. The van der Waals surface area contributed by atoms with Crippen LogP contribution in [0.3, 0.4) is 0 Å². The highest BCUT2D eigenvalue weighted by Crippen LogP contribution is 2.28. The van der Waals surface area contributed by atoms with Gasteiger partial charge in [0, 0.05) is 13.1 Å². The van der Waals surface area contributed by atoms with Crippen molar-refractivity contribution in [2.45, 2.75) is 31.1 Å². The first-order valence-electron chi connectivity index (χ1n) is 6.50. The summed E-state index contributed by atoms with van der Waals surface area (Å²) in [5.74, 6) is 0.452. The molecule has 0 amide bonds. The molecule has 0 saturated carbocycles. The van der Waals surface area contributed by atoms with Crippen LogP contribution in [0.2, 0.25) is 5.02 Å². The summed E-state index contributed by atoms with van der Waals surface area (Å²) in [6, 6.07) is 4.49. The normalized spacial score (nSPS) is 21.5. The Balaban J connectivity index is 2.28. The van der Waals surface area contributed by atoms with Crippen molar-refractivity contribution >= 4 is 27.3 Å². The Morgan fingerprint density at radius 3 is 2.84 bits per heavy atom. The molecule has 1 aliphatic rings. The molecule has 1 unspecified atom stereocenters. The number of sulfonamides is 1. The summed E-state index contributed by atoms with van der Waals surface area (Å²) in [6.07, 6.45) is 3.03. The smallest absolute Gasteiger partial charge is 0.243 e. The average Bonchev–Trinajstić information content (AvgIpc) is 2.41. The maximum Gasteiger partial charge on any atom is 0.243 e. The number of piperidine rings is 1. The van der Waals surface area contributed by atoms with Crippen LogP contribution in [0.5, 0.6) is 0 Å². The minimum atomic E-state index is -3.45. The lowest BCUT2D eigenvalue weighted by Crippen LogP contribution is -2.39. The highest BCUT2D eigenvalue weighted by atomic mass is 35.5. The van der Waals surface area contributed by atoms with Crippen LogP contribution in [-0.4, -0.2) is 25.8 Å². The molecule has 6 heteroatoms. The van der Waals surface area contributed by atoms with Crippen LogP contribution in [0.25, 0.3) is 0 Å². The van der Waals surface area contributed by atoms with Crippen molar-refractivity contribution in [2.24, 2.45) is 5.92 Å². The monoisotopic (exact) mass is 302 g/mol. The molecule has 19 heavy (non-hydrogen) atoms. The Labute approximate surface area is 119 Å². The van der Waals surface area contributed by atoms with E-state index < -0.39 is 10.0 Å². The fraction of sp³-hybridized carbons (Fsp3) is 0.538. The van der Waals surface area contributed by atoms with Crippen molar-refractivity contribution < 1.29 is 8.42 Å². The third-order valence-electron chi connectivity index (χ3n) is 3.66. The van der Waals surface area contributed by atoms with Gasteiger partial charge in [0.15, 0.2) is 0 Å². The third kappa shape index (κ3) is 3.04. The highest BCUT2D eigenvalue weighted by molar-refractivity contribution is 7.89. The average molecular weight is 303 g/mol. The lowest BCUT2D eigenvalue weighted by atomic mass is 9.97. The predicted molar refractivity (Wildman–Crippen MR) is 77.6 cm³/mol.